The van der Waals surface area contributed by atoms with Crippen LogP contribution in [0.25, 0.3) is 10.9 Å². The number of nitrogens with one attached hydrogen (secondary N) is 2. The number of pyridine rings is 1. The summed E-state index contributed by atoms with van der Waals surface area (Å²) in [5, 5.41) is 54.7. The zero-order valence-corrected chi connectivity index (χ0v) is 27.1. The van der Waals surface area contributed by atoms with Crippen LogP contribution in [-0.2, 0) is 24.0 Å². The Balaban J connectivity index is 1.44. The summed E-state index contributed by atoms with van der Waals surface area (Å²) in [6.07, 6.45) is 0.880. The lowest BCUT2D eigenvalue weighted by atomic mass is 9.93. The third kappa shape index (κ3) is 5.94. The van der Waals surface area contributed by atoms with Crippen molar-refractivity contribution in [2.75, 3.05) is 11.5 Å². The number of thioether (sulfide) groups is 1. The molecule has 3 atom stereocenters. The molecule has 0 bridgehead atoms. The number of phenolic OH excluding ortho intramolecular Hbond substituents is 1. The Bertz CT molecular complexity index is 2160. The van der Waals surface area contributed by atoms with Gasteiger partial charge in [0.2, 0.25) is 11.0 Å². The first-order valence-corrected chi connectivity index (χ1v) is 15.9. The summed E-state index contributed by atoms with van der Waals surface area (Å²) in [5.41, 5.74) is 5.23. The van der Waals surface area contributed by atoms with Gasteiger partial charge < -0.3 is 52.1 Å². The maximum atomic E-state index is 13.5. The first-order valence-electron chi connectivity index (χ1n) is 13.9. The number of phenols is 2. The third-order valence-corrected chi connectivity index (χ3v) is 9.58. The van der Waals surface area contributed by atoms with Crippen LogP contribution < -0.4 is 22.2 Å². The van der Waals surface area contributed by atoms with Gasteiger partial charge in [-0.3, -0.25) is 24.1 Å². The molecule has 1 fully saturated rings. The highest BCUT2D eigenvalue weighted by Gasteiger charge is 2.55. The van der Waals surface area contributed by atoms with Crippen molar-refractivity contribution in [3.05, 3.63) is 56.0 Å². The second kappa shape index (κ2) is 12.8. The maximum Gasteiger partial charge on any atom is 0.352 e. The minimum Gasteiger partial charge on any atom is -0.504 e. The molecule has 2 amide bonds. The Morgan fingerprint density at radius 1 is 1.16 bits per heavy atom. The molecule has 50 heavy (non-hydrogen) atoms. The number of aromatic carboxylic acids is 1. The number of aromatic nitrogens is 2. The van der Waals surface area contributed by atoms with Crippen molar-refractivity contribution in [2.45, 2.75) is 36.9 Å². The van der Waals surface area contributed by atoms with Crippen molar-refractivity contribution in [1.82, 2.24) is 20.2 Å². The second-order valence-corrected chi connectivity index (χ2v) is 13.2. The van der Waals surface area contributed by atoms with E-state index in [1.54, 1.807) is 0 Å². The summed E-state index contributed by atoms with van der Waals surface area (Å²) < 4.78 is 0. The van der Waals surface area contributed by atoms with Crippen LogP contribution in [0.1, 0.15) is 40.3 Å². The number of carbonyl (C=O) groups excluding carboxylic acids is 3. The molecule has 262 valence electrons. The van der Waals surface area contributed by atoms with Crippen LogP contribution in [0.4, 0.5) is 5.13 Å². The maximum absolute atomic E-state index is 13.5. The Hall–Kier alpha value is -6.00. The quantitative estimate of drug-likeness (QED) is 0.0383. The number of hydrogen-bond acceptors (Lipinski definition) is 16. The number of carbonyl (C=O) groups is 6. The van der Waals surface area contributed by atoms with Crippen molar-refractivity contribution >= 4 is 80.4 Å². The first kappa shape index (κ1) is 35.3. The summed E-state index contributed by atoms with van der Waals surface area (Å²) in [7, 11) is 0. The highest BCUT2D eigenvalue weighted by atomic mass is 32.2. The predicted molar refractivity (Wildman–Crippen MR) is 173 cm³/mol. The molecule has 2 aliphatic heterocycles. The van der Waals surface area contributed by atoms with E-state index in [0.717, 1.165) is 40.3 Å². The minimum atomic E-state index is -1.87. The number of carboxylic acid groups (broad SMARTS) is 3. The van der Waals surface area contributed by atoms with E-state index in [2.05, 4.69) is 20.4 Å². The minimum absolute atomic E-state index is 0.0341. The van der Waals surface area contributed by atoms with Gasteiger partial charge in [0.25, 0.3) is 11.8 Å². The van der Waals surface area contributed by atoms with Gasteiger partial charge in [0, 0.05) is 23.4 Å². The molecule has 0 radical (unpaired) electrons. The third-order valence-electron chi connectivity index (χ3n) is 7.61. The second-order valence-electron chi connectivity index (χ2n) is 11.2. The van der Waals surface area contributed by atoms with E-state index in [1.807, 2.05) is 0 Å². The van der Waals surface area contributed by atoms with E-state index in [9.17, 15) is 59.1 Å². The number of anilines is 1. The fourth-order valence-electron chi connectivity index (χ4n) is 4.97. The lowest BCUT2D eigenvalue weighted by Gasteiger charge is -2.49. The van der Waals surface area contributed by atoms with Crippen LogP contribution in [0.2, 0.25) is 0 Å². The normalized spacial score (nSPS) is 18.3. The molecule has 5 rings (SSSR count). The topological polar surface area (TPSA) is 338 Å². The molecule has 1 saturated heterocycles. The Kier molecular flexibility index (Phi) is 9.03. The van der Waals surface area contributed by atoms with Gasteiger partial charge in [-0.25, -0.2) is 19.4 Å². The Labute approximate surface area is 286 Å². The molecule has 3 aromatic rings. The number of aliphatic carboxylic acids is 2. The summed E-state index contributed by atoms with van der Waals surface area (Å²) in [4.78, 5) is 101. The predicted octanol–water partition coefficient (Wildman–Crippen LogP) is -0.791. The van der Waals surface area contributed by atoms with E-state index in [4.69, 9.17) is 16.3 Å². The Morgan fingerprint density at radius 3 is 2.42 bits per heavy atom. The van der Waals surface area contributed by atoms with E-state index in [-0.39, 0.29) is 27.7 Å². The molecule has 11 N–H and O–H groups in total. The van der Waals surface area contributed by atoms with Crippen molar-refractivity contribution in [3.8, 4) is 11.5 Å². The zero-order chi connectivity index (χ0) is 37.0. The van der Waals surface area contributed by atoms with Crippen molar-refractivity contribution in [1.29, 1.82) is 0 Å². The van der Waals surface area contributed by atoms with Gasteiger partial charge in [0.05, 0.1) is 22.5 Å². The van der Waals surface area contributed by atoms with Gasteiger partial charge in [-0.05, 0) is 19.4 Å². The van der Waals surface area contributed by atoms with Crippen LogP contribution in [0.3, 0.4) is 0 Å². The smallest absolute Gasteiger partial charge is 0.352 e. The number of carboxylic acids is 3. The number of fused-ring (bicyclic) bond motifs is 2. The van der Waals surface area contributed by atoms with Gasteiger partial charge in [0.1, 0.15) is 28.4 Å². The molecule has 0 spiro atoms. The number of thiazole rings is 1. The summed E-state index contributed by atoms with van der Waals surface area (Å²) in [6.45, 7) is 2.34. The largest absolute Gasteiger partial charge is 0.504 e. The molecule has 0 saturated carbocycles. The number of rotatable bonds is 11. The molecule has 20 nitrogen and oxygen atoms in total. The number of nitrogens with zero attached hydrogens (tertiary/aromatic N) is 3. The fourth-order valence-corrected chi connectivity index (χ4v) is 6.92. The number of amides is 2. The number of nitrogen functional groups attached to an aromatic ring is 1. The average molecular weight is 732 g/mol. The molecule has 2 unspecified atom stereocenters. The highest BCUT2D eigenvalue weighted by molar-refractivity contribution is 8.00. The van der Waals surface area contributed by atoms with Gasteiger partial charge in [-0.2, -0.15) is 0 Å². The monoisotopic (exact) mass is 731 g/mol. The van der Waals surface area contributed by atoms with Crippen molar-refractivity contribution < 1.29 is 59.1 Å². The number of aromatic amines is 1. The van der Waals surface area contributed by atoms with E-state index >= 15 is 0 Å². The van der Waals surface area contributed by atoms with Gasteiger partial charge in [0.15, 0.2) is 28.1 Å². The molecule has 4 heterocycles. The molecule has 2 aliphatic rings. The van der Waals surface area contributed by atoms with E-state index in [1.165, 1.54) is 19.2 Å². The number of nitrogens with two attached hydrogens (primary N) is 2. The number of β-lactam (4-membered cyclic amide) rings is 1. The number of benzene rings is 1. The van der Waals surface area contributed by atoms with E-state index in [0.29, 0.717) is 0 Å². The standard InChI is InChI=1S/C28H25N7O13S2/c1-28(2,26(46)47)48-34-15(10-6-50-27(30)32-10)21(40)33-16-22(41)35-17(25(44)45)8(5-49-23(16)35)14(29)19(38)7-4-31-9-3-11(36)20(39)13(24(42)43)12(9)18(7)37/h3-4,6,14,16,23,36,39H,5,29H2,1-2H3,(H2,30,32)(H,31,37)(H,33,40)(H,42,43)(H,44,45)(H,46,47)/b34-15-/t14?,16?,23-/m1/s1. The number of oxime groups is 1. The lowest BCUT2D eigenvalue weighted by Crippen LogP contribution is -2.71. The Morgan fingerprint density at radius 2 is 1.84 bits per heavy atom. The molecule has 1 aromatic carbocycles. The van der Waals surface area contributed by atoms with Gasteiger partial charge >= 0.3 is 17.9 Å². The van der Waals surface area contributed by atoms with Crippen LogP contribution in [0.15, 0.2) is 38.9 Å². The summed E-state index contributed by atoms with van der Waals surface area (Å²) >= 11 is 1.85. The summed E-state index contributed by atoms with van der Waals surface area (Å²) in [6, 6.07) is -2.31. The van der Waals surface area contributed by atoms with E-state index < -0.39 is 103 Å². The number of hydrogen-bond donors (Lipinski definition) is 9. The molecule has 0 aliphatic carbocycles. The van der Waals surface area contributed by atoms with Crippen LogP contribution in [0.5, 0.6) is 11.5 Å². The van der Waals surface area contributed by atoms with Crippen LogP contribution in [0, 0.1) is 0 Å². The SMILES string of the molecule is CC(C)(O/N=C(\C(=O)NC1C(=O)N2C(C(=O)O)=C(C(N)C(=O)c3c[nH]c4cc(O)c(O)c(C(=O)O)c4c3=O)CS[C@H]12)c1csc(N)n1)C(=O)O. The lowest BCUT2D eigenvalue weighted by molar-refractivity contribution is -0.161. The first-order chi connectivity index (χ1) is 23.4. The number of H-pyrrole nitrogens is 1. The molecular formula is C28H25N7O13S2. The van der Waals surface area contributed by atoms with Gasteiger partial charge in [-0.15, -0.1) is 23.1 Å². The zero-order valence-electron chi connectivity index (χ0n) is 25.5. The average Bonchev–Trinajstić information content (AvgIpc) is 3.48. The van der Waals surface area contributed by atoms with Gasteiger partial charge in [-0.1, -0.05) is 5.16 Å². The molecule has 22 heteroatoms. The van der Waals surface area contributed by atoms with Crippen molar-refractivity contribution in [3.63, 3.8) is 0 Å². The number of Topliss-reactive ketones (excluding diaryl/α,β-unsaturated/α-hetero) is 1. The van der Waals surface area contributed by atoms with Crippen molar-refractivity contribution in [2.24, 2.45) is 10.9 Å². The summed E-state index contributed by atoms with van der Waals surface area (Å²) in [5.74, 6) is -10.3. The fraction of sp³-hybridized carbons (Fsp3) is 0.250. The highest BCUT2D eigenvalue weighted by Crippen LogP contribution is 2.41. The molecule has 2 aromatic heterocycles. The van der Waals surface area contributed by atoms with Crippen LogP contribution in [-0.4, -0.2) is 110 Å². The molecular weight excluding hydrogens is 706 g/mol. The number of aromatic hydroxyl groups is 2. The van der Waals surface area contributed by atoms with Crippen LogP contribution >= 0.6 is 23.1 Å². The number of ketones is 1.